The molecule has 1 aliphatic heterocycles. The Morgan fingerprint density at radius 3 is 2.59 bits per heavy atom. The fourth-order valence-corrected chi connectivity index (χ4v) is 2.73. The molecular formula is C11H11ClN4S. The van der Waals surface area contributed by atoms with Gasteiger partial charge in [-0.25, -0.2) is 0 Å². The summed E-state index contributed by atoms with van der Waals surface area (Å²) in [5.74, 6) is 0. The summed E-state index contributed by atoms with van der Waals surface area (Å²) in [5.41, 5.74) is 3.37. The quantitative estimate of drug-likeness (QED) is 0.796. The molecular weight excluding hydrogens is 256 g/mol. The lowest BCUT2D eigenvalue weighted by Crippen LogP contribution is -2.17. The van der Waals surface area contributed by atoms with Crippen LogP contribution < -0.4 is 4.90 Å². The van der Waals surface area contributed by atoms with E-state index in [4.69, 9.17) is 5.26 Å². The second kappa shape index (κ2) is 4.86. The van der Waals surface area contributed by atoms with Crippen LogP contribution in [0.5, 0.6) is 0 Å². The van der Waals surface area contributed by atoms with Crippen molar-refractivity contribution in [1.29, 1.82) is 5.26 Å². The van der Waals surface area contributed by atoms with E-state index in [2.05, 4.69) is 19.7 Å². The number of aromatic nitrogens is 2. The number of rotatable bonds is 1. The maximum Gasteiger partial charge on any atom is 0.129 e. The van der Waals surface area contributed by atoms with Crippen LogP contribution in [0.3, 0.4) is 0 Å². The molecule has 6 heteroatoms. The molecule has 0 aliphatic carbocycles. The van der Waals surface area contributed by atoms with Crippen LogP contribution in [0.2, 0.25) is 0 Å². The average molecular weight is 267 g/mol. The van der Waals surface area contributed by atoms with Crippen molar-refractivity contribution >= 4 is 40.9 Å². The van der Waals surface area contributed by atoms with Gasteiger partial charge in [0.2, 0.25) is 0 Å². The second-order valence-corrected chi connectivity index (χ2v) is 4.43. The zero-order valence-corrected chi connectivity index (χ0v) is 10.7. The molecule has 0 N–H and O–H groups in total. The summed E-state index contributed by atoms with van der Waals surface area (Å²) in [6.45, 7) is 2.16. The van der Waals surface area contributed by atoms with E-state index in [1.165, 1.54) is 24.6 Å². The van der Waals surface area contributed by atoms with Crippen molar-refractivity contribution in [2.24, 2.45) is 0 Å². The van der Waals surface area contributed by atoms with E-state index < -0.39 is 0 Å². The molecule has 17 heavy (non-hydrogen) atoms. The van der Waals surface area contributed by atoms with Gasteiger partial charge in [-0.15, -0.1) is 12.4 Å². The number of nitrogens with zero attached hydrogens (tertiary/aromatic N) is 4. The normalized spacial score (nSPS) is 14.6. The first-order valence-electron chi connectivity index (χ1n) is 5.30. The van der Waals surface area contributed by atoms with E-state index in [1.807, 2.05) is 12.1 Å². The number of hydrogen-bond acceptors (Lipinski definition) is 5. The van der Waals surface area contributed by atoms with E-state index in [9.17, 15) is 0 Å². The first-order valence-corrected chi connectivity index (χ1v) is 6.03. The molecule has 0 unspecified atom stereocenters. The van der Waals surface area contributed by atoms with Crippen LogP contribution in [0, 0.1) is 11.3 Å². The predicted molar refractivity (Wildman–Crippen MR) is 70.8 cm³/mol. The maximum atomic E-state index is 8.98. The summed E-state index contributed by atoms with van der Waals surface area (Å²) in [4.78, 5) is 2.32. The highest BCUT2D eigenvalue weighted by molar-refractivity contribution is 7.00. The topological polar surface area (TPSA) is 52.8 Å². The molecule has 2 aromatic rings. The van der Waals surface area contributed by atoms with Crippen molar-refractivity contribution in [2.75, 3.05) is 18.0 Å². The highest BCUT2D eigenvalue weighted by Crippen LogP contribution is 2.29. The minimum atomic E-state index is 0. The van der Waals surface area contributed by atoms with E-state index in [-0.39, 0.29) is 12.4 Å². The Bertz CT molecular complexity index is 568. The van der Waals surface area contributed by atoms with Crippen molar-refractivity contribution in [3.63, 3.8) is 0 Å². The molecule has 0 spiro atoms. The molecule has 1 saturated heterocycles. The molecule has 88 valence electrons. The third kappa shape index (κ3) is 1.94. The van der Waals surface area contributed by atoms with Crippen molar-refractivity contribution in [3.8, 4) is 6.07 Å². The summed E-state index contributed by atoms with van der Waals surface area (Å²) in [6, 6.07) is 6.00. The van der Waals surface area contributed by atoms with Gasteiger partial charge in [-0.2, -0.15) is 14.0 Å². The standard InChI is InChI=1S/C11H10N4S.ClH/c12-7-8-3-4-9(15-5-1-2-6-15)11-10(8)13-16-14-11;/h3-4H,1-2,5-6H2;1H. The first-order chi connectivity index (χ1) is 7.90. The van der Waals surface area contributed by atoms with Crippen LogP contribution in [0.4, 0.5) is 5.69 Å². The van der Waals surface area contributed by atoms with Gasteiger partial charge in [0.05, 0.1) is 23.0 Å². The number of fused-ring (bicyclic) bond motifs is 1. The Kier molecular flexibility index (Phi) is 3.46. The van der Waals surface area contributed by atoms with Gasteiger partial charge in [0.25, 0.3) is 0 Å². The smallest absolute Gasteiger partial charge is 0.129 e. The van der Waals surface area contributed by atoms with Crippen molar-refractivity contribution < 1.29 is 0 Å². The van der Waals surface area contributed by atoms with Crippen LogP contribution >= 0.6 is 24.1 Å². The number of halogens is 1. The third-order valence-electron chi connectivity index (χ3n) is 2.96. The molecule has 1 aromatic carbocycles. The summed E-state index contributed by atoms with van der Waals surface area (Å²) >= 11 is 1.18. The van der Waals surface area contributed by atoms with E-state index in [0.717, 1.165) is 29.8 Å². The number of benzene rings is 1. The fraction of sp³-hybridized carbons (Fsp3) is 0.364. The summed E-state index contributed by atoms with van der Waals surface area (Å²) in [6.07, 6.45) is 2.47. The Morgan fingerprint density at radius 2 is 1.88 bits per heavy atom. The van der Waals surface area contributed by atoms with Gasteiger partial charge >= 0.3 is 0 Å². The Balaban J connectivity index is 0.00000108. The van der Waals surface area contributed by atoms with E-state index >= 15 is 0 Å². The Labute approximate surface area is 110 Å². The average Bonchev–Trinajstić information content (AvgIpc) is 2.98. The molecule has 0 bridgehead atoms. The minimum absolute atomic E-state index is 0. The SMILES string of the molecule is Cl.N#Cc1ccc(N2CCCC2)c2nsnc12. The van der Waals surface area contributed by atoms with Crippen LogP contribution in [0.1, 0.15) is 18.4 Å². The van der Waals surface area contributed by atoms with Gasteiger partial charge in [-0.1, -0.05) is 0 Å². The molecule has 4 nitrogen and oxygen atoms in total. The Hall–Kier alpha value is -1.38. The van der Waals surface area contributed by atoms with Crippen molar-refractivity contribution in [3.05, 3.63) is 17.7 Å². The first kappa shape index (κ1) is 12.1. The molecule has 2 heterocycles. The molecule has 0 atom stereocenters. The lowest BCUT2D eigenvalue weighted by molar-refractivity contribution is 0.949. The van der Waals surface area contributed by atoms with Crippen LogP contribution in [0.25, 0.3) is 11.0 Å². The second-order valence-electron chi connectivity index (χ2n) is 3.90. The zero-order valence-electron chi connectivity index (χ0n) is 9.09. The van der Waals surface area contributed by atoms with Gasteiger partial charge in [-0.05, 0) is 25.0 Å². The summed E-state index contributed by atoms with van der Waals surface area (Å²) in [7, 11) is 0. The van der Waals surface area contributed by atoms with Gasteiger partial charge < -0.3 is 4.90 Å². The fourth-order valence-electron chi connectivity index (χ4n) is 2.16. The third-order valence-corrected chi connectivity index (χ3v) is 3.49. The molecule has 1 aliphatic rings. The van der Waals surface area contributed by atoms with E-state index in [1.54, 1.807) is 0 Å². The van der Waals surface area contributed by atoms with Crippen LogP contribution in [-0.4, -0.2) is 21.8 Å². The predicted octanol–water partition coefficient (Wildman–Crippen LogP) is 2.58. The van der Waals surface area contributed by atoms with Gasteiger partial charge in [0.1, 0.15) is 17.1 Å². The lowest BCUT2D eigenvalue weighted by Gasteiger charge is -2.17. The summed E-state index contributed by atoms with van der Waals surface area (Å²) in [5, 5.41) is 8.98. The number of nitriles is 1. The minimum Gasteiger partial charge on any atom is -0.370 e. The van der Waals surface area contributed by atoms with Gasteiger partial charge in [0, 0.05) is 13.1 Å². The highest BCUT2D eigenvalue weighted by atomic mass is 35.5. The molecule has 1 fully saturated rings. The monoisotopic (exact) mass is 266 g/mol. The van der Waals surface area contributed by atoms with Crippen molar-refractivity contribution in [1.82, 2.24) is 8.75 Å². The molecule has 0 amide bonds. The van der Waals surface area contributed by atoms with Crippen LogP contribution in [-0.2, 0) is 0 Å². The molecule has 3 rings (SSSR count). The molecule has 0 saturated carbocycles. The molecule has 1 aromatic heterocycles. The number of anilines is 1. The van der Waals surface area contributed by atoms with Crippen molar-refractivity contribution in [2.45, 2.75) is 12.8 Å². The van der Waals surface area contributed by atoms with Gasteiger partial charge in [-0.3, -0.25) is 0 Å². The Morgan fingerprint density at radius 1 is 1.18 bits per heavy atom. The highest BCUT2D eigenvalue weighted by Gasteiger charge is 2.18. The van der Waals surface area contributed by atoms with Crippen LogP contribution in [0.15, 0.2) is 12.1 Å². The van der Waals surface area contributed by atoms with Gasteiger partial charge in [0.15, 0.2) is 0 Å². The molecule has 0 radical (unpaired) electrons. The maximum absolute atomic E-state index is 8.98. The van der Waals surface area contributed by atoms with E-state index in [0.29, 0.717) is 5.56 Å². The number of hydrogen-bond donors (Lipinski definition) is 0. The zero-order chi connectivity index (χ0) is 11.0. The largest absolute Gasteiger partial charge is 0.370 e. The summed E-state index contributed by atoms with van der Waals surface area (Å²) < 4.78 is 8.51. The lowest BCUT2D eigenvalue weighted by atomic mass is 10.1.